The van der Waals surface area contributed by atoms with Crippen molar-refractivity contribution in [1.82, 2.24) is 9.78 Å². The summed E-state index contributed by atoms with van der Waals surface area (Å²) in [6.07, 6.45) is 4.01. The van der Waals surface area contributed by atoms with Gasteiger partial charge in [0.1, 0.15) is 0 Å². The van der Waals surface area contributed by atoms with Gasteiger partial charge in [-0.05, 0) is 18.4 Å². The molecule has 0 amide bonds. The van der Waals surface area contributed by atoms with Crippen LogP contribution in [0.2, 0.25) is 0 Å². The third kappa shape index (κ3) is 2.87. The zero-order chi connectivity index (χ0) is 10.6. The second-order valence-electron chi connectivity index (χ2n) is 3.62. The number of nitrogens with zero attached hydrogens (tertiary/aromatic N) is 2. The van der Waals surface area contributed by atoms with Crippen molar-refractivity contribution >= 4 is 5.97 Å². The Morgan fingerprint density at radius 1 is 1.71 bits per heavy atom. The molecule has 1 aromatic rings. The van der Waals surface area contributed by atoms with E-state index in [-0.39, 0.29) is 5.69 Å². The molecule has 0 aliphatic rings. The minimum atomic E-state index is -0.966. The molecule has 0 fully saturated rings. The highest BCUT2D eigenvalue weighted by Crippen LogP contribution is 2.08. The molecule has 0 spiro atoms. The Balaban J connectivity index is 2.55. The number of carbonyl (C=O) groups is 1. The summed E-state index contributed by atoms with van der Waals surface area (Å²) in [5.74, 6) is -0.423. The van der Waals surface area contributed by atoms with Gasteiger partial charge in [0.15, 0.2) is 5.69 Å². The van der Waals surface area contributed by atoms with Crippen molar-refractivity contribution < 1.29 is 9.90 Å². The van der Waals surface area contributed by atoms with E-state index in [9.17, 15) is 4.79 Å². The summed E-state index contributed by atoms with van der Waals surface area (Å²) in [7, 11) is 0. The maximum atomic E-state index is 10.5. The lowest BCUT2D eigenvalue weighted by molar-refractivity contribution is 0.0689. The topological polar surface area (TPSA) is 55.1 Å². The Hall–Kier alpha value is -1.32. The fourth-order valence-electron chi connectivity index (χ4n) is 1.48. The molecule has 1 atom stereocenters. The van der Waals surface area contributed by atoms with Gasteiger partial charge >= 0.3 is 5.97 Å². The molecule has 0 saturated heterocycles. The van der Waals surface area contributed by atoms with Gasteiger partial charge in [0.2, 0.25) is 0 Å². The first-order valence-corrected chi connectivity index (χ1v) is 4.90. The van der Waals surface area contributed by atoms with Gasteiger partial charge in [-0.3, -0.25) is 4.68 Å². The summed E-state index contributed by atoms with van der Waals surface area (Å²) in [6.45, 7) is 5.08. The molecule has 0 saturated carbocycles. The molecule has 0 bridgehead atoms. The van der Waals surface area contributed by atoms with E-state index in [4.69, 9.17) is 5.11 Å². The van der Waals surface area contributed by atoms with Crippen LogP contribution in [0.25, 0.3) is 0 Å². The van der Waals surface area contributed by atoms with Gasteiger partial charge < -0.3 is 5.11 Å². The number of aromatic nitrogens is 2. The van der Waals surface area contributed by atoms with Crippen LogP contribution >= 0.6 is 0 Å². The Morgan fingerprint density at radius 3 is 2.93 bits per heavy atom. The summed E-state index contributed by atoms with van der Waals surface area (Å²) >= 11 is 0. The molecule has 1 aromatic heterocycles. The predicted molar refractivity (Wildman–Crippen MR) is 53.3 cm³/mol. The minimum absolute atomic E-state index is 0.119. The summed E-state index contributed by atoms with van der Waals surface area (Å²) in [5.41, 5.74) is 0.119. The highest BCUT2D eigenvalue weighted by molar-refractivity contribution is 5.84. The first-order chi connectivity index (χ1) is 6.63. The second-order valence-corrected chi connectivity index (χ2v) is 3.62. The standard InChI is InChI=1S/C10H16N2O2/c1-3-4-8(2)7-12-6-5-9(11-12)10(13)14/h5-6,8H,3-4,7H2,1-2H3,(H,13,14). The van der Waals surface area contributed by atoms with E-state index in [1.807, 2.05) is 0 Å². The molecule has 0 aromatic carbocycles. The highest BCUT2D eigenvalue weighted by Gasteiger charge is 2.08. The summed E-state index contributed by atoms with van der Waals surface area (Å²) in [6, 6.07) is 1.53. The van der Waals surface area contributed by atoms with Gasteiger partial charge in [0.25, 0.3) is 0 Å². The van der Waals surface area contributed by atoms with Crippen LogP contribution in [-0.2, 0) is 6.54 Å². The van der Waals surface area contributed by atoms with Gasteiger partial charge in [0, 0.05) is 12.7 Å². The first kappa shape index (κ1) is 10.8. The summed E-state index contributed by atoms with van der Waals surface area (Å²) in [5, 5.41) is 12.6. The average molecular weight is 196 g/mol. The van der Waals surface area contributed by atoms with Crippen LogP contribution in [0.3, 0.4) is 0 Å². The Labute approximate surface area is 83.5 Å². The van der Waals surface area contributed by atoms with Gasteiger partial charge in [-0.1, -0.05) is 20.3 Å². The molecular weight excluding hydrogens is 180 g/mol. The van der Waals surface area contributed by atoms with Crippen LogP contribution in [0, 0.1) is 5.92 Å². The second kappa shape index (κ2) is 4.79. The van der Waals surface area contributed by atoms with E-state index in [0.717, 1.165) is 19.4 Å². The van der Waals surface area contributed by atoms with Crippen LogP contribution < -0.4 is 0 Å². The number of aromatic carboxylic acids is 1. The van der Waals surface area contributed by atoms with Crippen LogP contribution in [-0.4, -0.2) is 20.9 Å². The number of rotatable bonds is 5. The maximum absolute atomic E-state index is 10.5. The zero-order valence-corrected chi connectivity index (χ0v) is 8.60. The van der Waals surface area contributed by atoms with Crippen molar-refractivity contribution in [1.29, 1.82) is 0 Å². The van der Waals surface area contributed by atoms with Crippen LogP contribution in [0.4, 0.5) is 0 Å². The van der Waals surface area contributed by atoms with Crippen LogP contribution in [0.15, 0.2) is 12.3 Å². The fourth-order valence-corrected chi connectivity index (χ4v) is 1.48. The lowest BCUT2D eigenvalue weighted by Gasteiger charge is -2.09. The van der Waals surface area contributed by atoms with Crippen molar-refractivity contribution in [2.45, 2.75) is 33.2 Å². The quantitative estimate of drug-likeness (QED) is 0.783. The zero-order valence-electron chi connectivity index (χ0n) is 8.60. The third-order valence-corrected chi connectivity index (χ3v) is 2.14. The molecule has 0 aliphatic heterocycles. The van der Waals surface area contributed by atoms with Crippen molar-refractivity contribution in [2.24, 2.45) is 5.92 Å². The van der Waals surface area contributed by atoms with Crippen molar-refractivity contribution in [3.63, 3.8) is 0 Å². The normalized spacial score (nSPS) is 12.7. The van der Waals surface area contributed by atoms with Gasteiger partial charge in [-0.15, -0.1) is 0 Å². The molecule has 78 valence electrons. The Morgan fingerprint density at radius 2 is 2.43 bits per heavy atom. The molecule has 1 heterocycles. The first-order valence-electron chi connectivity index (χ1n) is 4.90. The largest absolute Gasteiger partial charge is 0.476 e. The fraction of sp³-hybridized carbons (Fsp3) is 0.600. The van der Waals surface area contributed by atoms with Crippen molar-refractivity contribution in [2.75, 3.05) is 0 Å². The van der Waals surface area contributed by atoms with Crippen molar-refractivity contribution in [3.05, 3.63) is 18.0 Å². The summed E-state index contributed by atoms with van der Waals surface area (Å²) < 4.78 is 1.70. The SMILES string of the molecule is CCCC(C)Cn1ccc(C(=O)O)n1. The molecule has 0 aliphatic carbocycles. The third-order valence-electron chi connectivity index (χ3n) is 2.14. The van der Waals surface area contributed by atoms with E-state index in [1.165, 1.54) is 6.07 Å². The molecular formula is C10H16N2O2. The molecule has 1 unspecified atom stereocenters. The number of hydrogen-bond donors (Lipinski definition) is 1. The number of carboxylic acid groups (broad SMARTS) is 1. The molecule has 1 N–H and O–H groups in total. The van der Waals surface area contributed by atoms with Crippen LogP contribution in [0.1, 0.15) is 37.2 Å². The maximum Gasteiger partial charge on any atom is 0.356 e. The number of hydrogen-bond acceptors (Lipinski definition) is 2. The van der Waals surface area contributed by atoms with Gasteiger partial charge in [-0.2, -0.15) is 5.10 Å². The van der Waals surface area contributed by atoms with Crippen LogP contribution in [0.5, 0.6) is 0 Å². The average Bonchev–Trinajstić information content (AvgIpc) is 2.53. The predicted octanol–water partition coefficient (Wildman–Crippen LogP) is 2.02. The monoisotopic (exact) mass is 196 g/mol. The lowest BCUT2D eigenvalue weighted by atomic mass is 10.1. The van der Waals surface area contributed by atoms with E-state index in [1.54, 1.807) is 10.9 Å². The summed E-state index contributed by atoms with van der Waals surface area (Å²) in [4.78, 5) is 10.5. The van der Waals surface area contributed by atoms with Gasteiger partial charge in [0.05, 0.1) is 0 Å². The van der Waals surface area contributed by atoms with E-state index >= 15 is 0 Å². The van der Waals surface area contributed by atoms with Gasteiger partial charge in [-0.25, -0.2) is 4.79 Å². The minimum Gasteiger partial charge on any atom is -0.476 e. The molecule has 14 heavy (non-hydrogen) atoms. The molecule has 1 rings (SSSR count). The highest BCUT2D eigenvalue weighted by atomic mass is 16.4. The Bertz CT molecular complexity index is 307. The Kier molecular flexibility index (Phi) is 3.68. The molecule has 4 heteroatoms. The van der Waals surface area contributed by atoms with E-state index in [2.05, 4.69) is 18.9 Å². The molecule has 0 radical (unpaired) electrons. The number of carboxylic acids is 1. The van der Waals surface area contributed by atoms with E-state index in [0.29, 0.717) is 5.92 Å². The molecule has 4 nitrogen and oxygen atoms in total. The lowest BCUT2D eigenvalue weighted by Crippen LogP contribution is -2.09. The smallest absolute Gasteiger partial charge is 0.356 e. The van der Waals surface area contributed by atoms with E-state index < -0.39 is 5.97 Å². The van der Waals surface area contributed by atoms with Crippen molar-refractivity contribution in [3.8, 4) is 0 Å².